The number of hydrogen-bond acceptors (Lipinski definition) is 2. The van der Waals surface area contributed by atoms with Crippen molar-refractivity contribution in [3.05, 3.63) is 24.3 Å². The summed E-state index contributed by atoms with van der Waals surface area (Å²) < 4.78 is 0. The van der Waals surface area contributed by atoms with Crippen LogP contribution < -0.4 is 16.4 Å². The van der Waals surface area contributed by atoms with Crippen LogP contribution in [0.5, 0.6) is 0 Å². The summed E-state index contributed by atoms with van der Waals surface area (Å²) in [6, 6.07) is 7.34. The maximum absolute atomic E-state index is 12.3. The Hall–Kier alpha value is -1.71. The predicted molar refractivity (Wildman–Crippen MR) is 86.0 cm³/mol. The van der Waals surface area contributed by atoms with Gasteiger partial charge in [0.15, 0.2) is 0 Å². The van der Waals surface area contributed by atoms with E-state index in [-0.39, 0.29) is 22.9 Å². The number of anilines is 2. The molecular formula is C17H25N3O. The topological polar surface area (TPSA) is 67.2 Å². The van der Waals surface area contributed by atoms with Crippen molar-refractivity contribution in [3.8, 4) is 0 Å². The fourth-order valence-electron chi connectivity index (χ4n) is 4.53. The van der Waals surface area contributed by atoms with Crippen molar-refractivity contribution in [1.82, 2.24) is 5.32 Å². The van der Waals surface area contributed by atoms with Crippen LogP contribution in [0.4, 0.5) is 16.2 Å². The van der Waals surface area contributed by atoms with Crippen molar-refractivity contribution >= 4 is 17.4 Å². The van der Waals surface area contributed by atoms with Crippen LogP contribution in [0.3, 0.4) is 0 Å². The van der Waals surface area contributed by atoms with Crippen molar-refractivity contribution in [2.24, 2.45) is 16.7 Å². The SMILES string of the molecule is CC12CCC(C1)C(C)(C)C2NC(=O)Nc1ccc(N)cc1. The quantitative estimate of drug-likeness (QED) is 0.727. The highest BCUT2D eigenvalue weighted by atomic mass is 16.2. The fraction of sp³-hybridized carbons (Fsp3) is 0.588. The fourth-order valence-corrected chi connectivity index (χ4v) is 4.53. The van der Waals surface area contributed by atoms with Gasteiger partial charge in [0.05, 0.1) is 0 Å². The number of amides is 2. The largest absolute Gasteiger partial charge is 0.399 e. The molecule has 3 rings (SSSR count). The van der Waals surface area contributed by atoms with Crippen LogP contribution in [0, 0.1) is 16.7 Å². The Morgan fingerprint density at radius 1 is 1.24 bits per heavy atom. The van der Waals surface area contributed by atoms with Crippen molar-refractivity contribution in [2.45, 2.75) is 46.1 Å². The Kier molecular flexibility index (Phi) is 3.15. The summed E-state index contributed by atoms with van der Waals surface area (Å²) in [4.78, 5) is 12.3. The van der Waals surface area contributed by atoms with Crippen molar-refractivity contribution in [3.63, 3.8) is 0 Å². The molecule has 2 fully saturated rings. The van der Waals surface area contributed by atoms with Gasteiger partial charge in [0.1, 0.15) is 0 Å². The van der Waals surface area contributed by atoms with Crippen molar-refractivity contribution < 1.29 is 4.79 Å². The zero-order valence-electron chi connectivity index (χ0n) is 13.1. The second-order valence-electron chi connectivity index (χ2n) is 7.57. The number of nitrogens with one attached hydrogen (secondary N) is 2. The van der Waals surface area contributed by atoms with E-state index in [0.29, 0.717) is 5.69 Å². The predicted octanol–water partition coefficient (Wildman–Crippen LogP) is 3.61. The molecule has 1 aromatic rings. The van der Waals surface area contributed by atoms with Gasteiger partial charge in [-0.2, -0.15) is 0 Å². The Morgan fingerprint density at radius 2 is 1.90 bits per heavy atom. The lowest BCUT2D eigenvalue weighted by molar-refractivity contribution is 0.116. The number of carbonyl (C=O) groups excluding carboxylic acids is 1. The lowest BCUT2D eigenvalue weighted by Gasteiger charge is -2.43. The molecule has 2 amide bonds. The molecule has 4 nitrogen and oxygen atoms in total. The van der Waals surface area contributed by atoms with Gasteiger partial charge in [0.25, 0.3) is 0 Å². The zero-order chi connectivity index (χ0) is 15.3. The number of nitrogen functional groups attached to an aromatic ring is 1. The van der Waals surface area contributed by atoms with Crippen LogP contribution in [-0.2, 0) is 0 Å². The molecule has 1 aromatic carbocycles. The van der Waals surface area contributed by atoms with Gasteiger partial charge in [0, 0.05) is 17.4 Å². The molecule has 0 saturated heterocycles. The summed E-state index contributed by atoms with van der Waals surface area (Å²) in [5, 5.41) is 6.13. The van der Waals surface area contributed by atoms with Gasteiger partial charge in [-0.15, -0.1) is 0 Å². The first-order valence-electron chi connectivity index (χ1n) is 7.74. The van der Waals surface area contributed by atoms with Gasteiger partial charge < -0.3 is 16.4 Å². The molecule has 2 aliphatic carbocycles. The molecule has 0 heterocycles. The van der Waals surface area contributed by atoms with Gasteiger partial charge in [-0.25, -0.2) is 4.79 Å². The summed E-state index contributed by atoms with van der Waals surface area (Å²) in [7, 11) is 0. The first-order valence-corrected chi connectivity index (χ1v) is 7.74. The number of rotatable bonds is 2. The average molecular weight is 287 g/mol. The molecule has 21 heavy (non-hydrogen) atoms. The minimum Gasteiger partial charge on any atom is -0.399 e. The highest BCUT2D eigenvalue weighted by Gasteiger charge is 2.59. The molecule has 3 atom stereocenters. The summed E-state index contributed by atoms with van der Waals surface area (Å²) in [6.07, 6.45) is 3.74. The van der Waals surface area contributed by atoms with Crippen LogP contribution in [0.15, 0.2) is 24.3 Å². The average Bonchev–Trinajstić information content (AvgIpc) is 2.89. The van der Waals surface area contributed by atoms with Crippen LogP contribution in [0.2, 0.25) is 0 Å². The molecular weight excluding hydrogens is 262 g/mol. The smallest absolute Gasteiger partial charge is 0.319 e. The van der Waals surface area contributed by atoms with Gasteiger partial charge in [0.2, 0.25) is 0 Å². The molecule has 0 spiro atoms. The van der Waals surface area contributed by atoms with Gasteiger partial charge in [-0.1, -0.05) is 20.8 Å². The van der Waals surface area contributed by atoms with E-state index >= 15 is 0 Å². The Morgan fingerprint density at radius 3 is 2.48 bits per heavy atom. The molecule has 0 aliphatic heterocycles. The monoisotopic (exact) mass is 287 g/mol. The summed E-state index contributed by atoms with van der Waals surface area (Å²) >= 11 is 0. The van der Waals surface area contributed by atoms with E-state index in [9.17, 15) is 4.79 Å². The van der Waals surface area contributed by atoms with Crippen LogP contribution in [-0.4, -0.2) is 12.1 Å². The molecule has 2 saturated carbocycles. The van der Waals surface area contributed by atoms with E-state index in [1.54, 1.807) is 12.1 Å². The number of hydrogen-bond donors (Lipinski definition) is 3. The van der Waals surface area contributed by atoms with Crippen LogP contribution in [0.1, 0.15) is 40.0 Å². The molecule has 3 unspecified atom stereocenters. The van der Waals surface area contributed by atoms with Crippen LogP contribution >= 0.6 is 0 Å². The molecule has 4 heteroatoms. The van der Waals surface area contributed by atoms with E-state index < -0.39 is 0 Å². The number of nitrogens with two attached hydrogens (primary N) is 1. The first-order chi connectivity index (χ1) is 9.81. The number of carbonyl (C=O) groups is 1. The zero-order valence-corrected chi connectivity index (χ0v) is 13.1. The van der Waals surface area contributed by atoms with Crippen LogP contribution in [0.25, 0.3) is 0 Å². The van der Waals surface area contributed by atoms with E-state index in [2.05, 4.69) is 31.4 Å². The normalized spacial score (nSPS) is 32.9. The maximum Gasteiger partial charge on any atom is 0.319 e. The Balaban J connectivity index is 1.69. The van der Waals surface area contributed by atoms with Gasteiger partial charge in [-0.05, 0) is 60.3 Å². The minimum atomic E-state index is -0.119. The molecule has 0 radical (unpaired) electrons. The van der Waals surface area contributed by atoms with E-state index in [1.165, 1.54) is 19.3 Å². The molecule has 2 aliphatic rings. The third kappa shape index (κ3) is 2.37. The highest BCUT2D eigenvalue weighted by Crippen LogP contribution is 2.62. The van der Waals surface area contributed by atoms with Crippen molar-refractivity contribution in [1.29, 1.82) is 0 Å². The number of benzene rings is 1. The Bertz CT molecular complexity index is 547. The molecule has 4 N–H and O–H groups in total. The molecule has 0 aromatic heterocycles. The maximum atomic E-state index is 12.3. The summed E-state index contributed by atoms with van der Waals surface area (Å²) in [5.74, 6) is 0.726. The first kappa shape index (κ1) is 14.2. The van der Waals surface area contributed by atoms with E-state index in [1.807, 2.05) is 12.1 Å². The van der Waals surface area contributed by atoms with Gasteiger partial charge in [-0.3, -0.25) is 0 Å². The number of fused-ring (bicyclic) bond motifs is 2. The van der Waals surface area contributed by atoms with Crippen molar-refractivity contribution in [2.75, 3.05) is 11.1 Å². The lowest BCUT2D eigenvalue weighted by Crippen LogP contribution is -2.53. The third-order valence-corrected chi connectivity index (χ3v) is 5.71. The summed E-state index contributed by atoms with van der Waals surface area (Å²) in [6.45, 7) is 6.89. The Labute approximate surface area is 126 Å². The second-order valence-corrected chi connectivity index (χ2v) is 7.57. The van der Waals surface area contributed by atoms with E-state index in [0.717, 1.165) is 11.6 Å². The van der Waals surface area contributed by atoms with E-state index in [4.69, 9.17) is 5.73 Å². The minimum absolute atomic E-state index is 0.119. The number of urea groups is 1. The van der Waals surface area contributed by atoms with Gasteiger partial charge >= 0.3 is 6.03 Å². The molecule has 2 bridgehead atoms. The standard InChI is InChI=1S/C17H25N3O/c1-16(2)11-8-9-17(3,10-11)14(16)20-15(21)19-13-6-4-12(18)5-7-13/h4-7,11,14H,8-10,18H2,1-3H3,(H2,19,20,21). The second kappa shape index (κ2) is 4.65. The highest BCUT2D eigenvalue weighted by molar-refractivity contribution is 5.89. The third-order valence-electron chi connectivity index (χ3n) is 5.71. The lowest BCUT2D eigenvalue weighted by atomic mass is 9.68. The molecule has 114 valence electrons. The summed E-state index contributed by atoms with van der Waals surface area (Å²) in [5.41, 5.74) is 7.54.